The highest BCUT2D eigenvalue weighted by Crippen LogP contribution is 2.29. The minimum atomic E-state index is -0.318. The van der Waals surface area contributed by atoms with Gasteiger partial charge < -0.3 is 19.5 Å². The normalized spacial score (nSPS) is 10.9. The first-order valence-corrected chi connectivity index (χ1v) is 8.67. The van der Waals surface area contributed by atoms with Crippen molar-refractivity contribution in [2.45, 2.75) is 20.0 Å². The van der Waals surface area contributed by atoms with Gasteiger partial charge in [-0.15, -0.1) is 0 Å². The standard InChI is InChI=1S/C21H24FNO4/c1-15(2)27-19-10-4-16(14-20(19)25-3)5-11-21(24)23-12-13-26-18-8-6-17(22)7-9-18/h4-11,14-15H,12-13H2,1-3H3,(H,23,24)/b11-5+. The zero-order valence-electron chi connectivity index (χ0n) is 15.7. The van der Waals surface area contributed by atoms with E-state index >= 15 is 0 Å². The van der Waals surface area contributed by atoms with Crippen LogP contribution in [-0.2, 0) is 4.79 Å². The van der Waals surface area contributed by atoms with Crippen LogP contribution in [0.1, 0.15) is 19.4 Å². The van der Waals surface area contributed by atoms with Gasteiger partial charge in [0, 0.05) is 6.08 Å². The molecular formula is C21H24FNO4. The van der Waals surface area contributed by atoms with E-state index in [0.29, 0.717) is 30.4 Å². The van der Waals surface area contributed by atoms with E-state index in [9.17, 15) is 9.18 Å². The Hall–Kier alpha value is -3.02. The van der Waals surface area contributed by atoms with E-state index in [-0.39, 0.29) is 17.8 Å². The third kappa shape index (κ3) is 7.01. The molecule has 0 saturated carbocycles. The van der Waals surface area contributed by atoms with Crippen LogP contribution in [0.4, 0.5) is 4.39 Å². The fraction of sp³-hybridized carbons (Fsp3) is 0.286. The predicted molar refractivity (Wildman–Crippen MR) is 103 cm³/mol. The second-order valence-corrected chi connectivity index (χ2v) is 6.00. The van der Waals surface area contributed by atoms with Crippen LogP contribution in [0.3, 0.4) is 0 Å². The number of carbonyl (C=O) groups is 1. The average molecular weight is 373 g/mol. The van der Waals surface area contributed by atoms with Crippen molar-refractivity contribution < 1.29 is 23.4 Å². The minimum Gasteiger partial charge on any atom is -0.493 e. The Morgan fingerprint density at radius 3 is 2.56 bits per heavy atom. The maximum atomic E-state index is 12.8. The molecule has 0 aromatic heterocycles. The summed E-state index contributed by atoms with van der Waals surface area (Å²) < 4.78 is 29.2. The fourth-order valence-electron chi connectivity index (χ4n) is 2.24. The summed E-state index contributed by atoms with van der Waals surface area (Å²) in [7, 11) is 1.57. The van der Waals surface area contributed by atoms with Gasteiger partial charge in [-0.1, -0.05) is 6.07 Å². The number of halogens is 1. The van der Waals surface area contributed by atoms with Gasteiger partial charge in [-0.25, -0.2) is 4.39 Å². The molecule has 0 aliphatic rings. The summed E-state index contributed by atoms with van der Waals surface area (Å²) in [4.78, 5) is 11.9. The van der Waals surface area contributed by atoms with Gasteiger partial charge in [0.25, 0.3) is 0 Å². The molecule has 2 rings (SSSR count). The van der Waals surface area contributed by atoms with Crippen molar-refractivity contribution in [3.63, 3.8) is 0 Å². The number of methoxy groups -OCH3 is 1. The molecule has 0 heterocycles. The van der Waals surface area contributed by atoms with Crippen LogP contribution in [0.25, 0.3) is 6.08 Å². The van der Waals surface area contributed by atoms with Crippen LogP contribution in [0, 0.1) is 5.82 Å². The minimum absolute atomic E-state index is 0.0446. The second-order valence-electron chi connectivity index (χ2n) is 6.00. The molecule has 0 bridgehead atoms. The molecule has 144 valence electrons. The zero-order chi connectivity index (χ0) is 19.6. The molecule has 0 fully saturated rings. The largest absolute Gasteiger partial charge is 0.493 e. The molecule has 27 heavy (non-hydrogen) atoms. The Kier molecular flexibility index (Phi) is 7.67. The molecule has 0 unspecified atom stereocenters. The van der Waals surface area contributed by atoms with Gasteiger partial charge in [0.05, 0.1) is 19.8 Å². The number of rotatable bonds is 9. The Labute approximate surface area is 158 Å². The zero-order valence-corrected chi connectivity index (χ0v) is 15.7. The van der Waals surface area contributed by atoms with E-state index in [2.05, 4.69) is 5.32 Å². The van der Waals surface area contributed by atoms with Crippen molar-refractivity contribution in [1.82, 2.24) is 5.32 Å². The molecule has 1 N–H and O–H groups in total. The van der Waals surface area contributed by atoms with Gasteiger partial charge in [0.15, 0.2) is 11.5 Å². The molecule has 2 aromatic carbocycles. The van der Waals surface area contributed by atoms with Crippen LogP contribution >= 0.6 is 0 Å². The highest BCUT2D eigenvalue weighted by Gasteiger charge is 2.06. The lowest BCUT2D eigenvalue weighted by Gasteiger charge is -2.13. The SMILES string of the molecule is COc1cc(/C=C/C(=O)NCCOc2ccc(F)cc2)ccc1OC(C)C. The fourth-order valence-corrected chi connectivity index (χ4v) is 2.24. The van der Waals surface area contributed by atoms with Gasteiger partial charge in [-0.3, -0.25) is 4.79 Å². The molecule has 0 spiro atoms. The maximum Gasteiger partial charge on any atom is 0.244 e. The van der Waals surface area contributed by atoms with Gasteiger partial charge in [-0.05, 0) is 61.9 Å². The summed E-state index contributed by atoms with van der Waals surface area (Å²) in [6.45, 7) is 4.51. The monoisotopic (exact) mass is 373 g/mol. The number of ether oxygens (including phenoxy) is 3. The predicted octanol–water partition coefficient (Wildman–Crippen LogP) is 3.83. The van der Waals surface area contributed by atoms with Crippen LogP contribution in [0.15, 0.2) is 48.5 Å². The Bertz CT molecular complexity index is 772. The Morgan fingerprint density at radius 1 is 1.15 bits per heavy atom. The molecule has 0 atom stereocenters. The molecule has 0 saturated heterocycles. The summed E-state index contributed by atoms with van der Waals surface area (Å²) in [6, 6.07) is 11.2. The van der Waals surface area contributed by atoms with Gasteiger partial charge in [-0.2, -0.15) is 0 Å². The lowest BCUT2D eigenvalue weighted by atomic mass is 10.2. The molecule has 0 aliphatic carbocycles. The number of nitrogens with one attached hydrogen (secondary N) is 1. The summed E-state index contributed by atoms with van der Waals surface area (Å²) in [6.07, 6.45) is 3.18. The van der Waals surface area contributed by atoms with Crippen LogP contribution in [-0.4, -0.2) is 32.3 Å². The number of carbonyl (C=O) groups excluding carboxylic acids is 1. The quantitative estimate of drug-likeness (QED) is 0.536. The molecular weight excluding hydrogens is 349 g/mol. The van der Waals surface area contributed by atoms with Gasteiger partial charge >= 0.3 is 0 Å². The number of hydrogen-bond donors (Lipinski definition) is 1. The second kappa shape index (κ2) is 10.2. The van der Waals surface area contributed by atoms with E-state index in [4.69, 9.17) is 14.2 Å². The lowest BCUT2D eigenvalue weighted by molar-refractivity contribution is -0.116. The van der Waals surface area contributed by atoms with E-state index in [1.165, 1.54) is 30.3 Å². The molecule has 6 heteroatoms. The third-order valence-corrected chi connectivity index (χ3v) is 3.46. The van der Waals surface area contributed by atoms with Crippen molar-refractivity contribution in [2.24, 2.45) is 0 Å². The van der Waals surface area contributed by atoms with Crippen LogP contribution in [0.5, 0.6) is 17.2 Å². The van der Waals surface area contributed by atoms with Crippen LogP contribution < -0.4 is 19.5 Å². The van der Waals surface area contributed by atoms with E-state index in [1.807, 2.05) is 26.0 Å². The highest BCUT2D eigenvalue weighted by molar-refractivity contribution is 5.91. The molecule has 2 aromatic rings. The van der Waals surface area contributed by atoms with E-state index in [1.54, 1.807) is 19.3 Å². The van der Waals surface area contributed by atoms with Crippen molar-refractivity contribution in [3.8, 4) is 17.2 Å². The molecule has 0 aliphatic heterocycles. The molecule has 0 radical (unpaired) electrons. The topological polar surface area (TPSA) is 56.8 Å². The third-order valence-electron chi connectivity index (χ3n) is 3.46. The van der Waals surface area contributed by atoms with Crippen molar-refractivity contribution in [1.29, 1.82) is 0 Å². The van der Waals surface area contributed by atoms with Crippen molar-refractivity contribution in [3.05, 3.63) is 59.9 Å². The molecule has 1 amide bonds. The molecule has 5 nitrogen and oxygen atoms in total. The average Bonchev–Trinajstić information content (AvgIpc) is 2.65. The van der Waals surface area contributed by atoms with Crippen molar-refractivity contribution >= 4 is 12.0 Å². The summed E-state index contributed by atoms with van der Waals surface area (Å²) in [5, 5.41) is 2.72. The summed E-state index contributed by atoms with van der Waals surface area (Å²) in [5.74, 6) is 1.27. The summed E-state index contributed by atoms with van der Waals surface area (Å²) in [5.41, 5.74) is 0.820. The van der Waals surface area contributed by atoms with E-state index < -0.39 is 0 Å². The first kappa shape index (κ1) is 20.3. The Morgan fingerprint density at radius 2 is 1.89 bits per heavy atom. The summed E-state index contributed by atoms with van der Waals surface area (Å²) >= 11 is 0. The van der Waals surface area contributed by atoms with Gasteiger partial charge in [0.2, 0.25) is 5.91 Å². The van der Waals surface area contributed by atoms with Gasteiger partial charge in [0.1, 0.15) is 18.2 Å². The number of amides is 1. The maximum absolute atomic E-state index is 12.8. The number of benzene rings is 2. The Balaban J connectivity index is 1.80. The van der Waals surface area contributed by atoms with Crippen LogP contribution in [0.2, 0.25) is 0 Å². The lowest BCUT2D eigenvalue weighted by Crippen LogP contribution is -2.26. The highest BCUT2D eigenvalue weighted by atomic mass is 19.1. The van der Waals surface area contributed by atoms with Crippen molar-refractivity contribution in [2.75, 3.05) is 20.3 Å². The first-order chi connectivity index (χ1) is 13.0. The van der Waals surface area contributed by atoms with E-state index in [0.717, 1.165) is 5.56 Å². The number of hydrogen-bond acceptors (Lipinski definition) is 4. The smallest absolute Gasteiger partial charge is 0.244 e. The first-order valence-electron chi connectivity index (χ1n) is 8.67.